The molecule has 0 aliphatic heterocycles. The summed E-state index contributed by atoms with van der Waals surface area (Å²) in [5.74, 6) is 6.12. The first-order chi connectivity index (χ1) is 8.98. The van der Waals surface area contributed by atoms with Crippen molar-refractivity contribution in [2.24, 2.45) is 5.84 Å². The van der Waals surface area contributed by atoms with Crippen molar-refractivity contribution < 1.29 is 17.9 Å². The quantitative estimate of drug-likeness (QED) is 0.433. The molecule has 0 saturated carbocycles. The average molecular weight is 280 g/mol. The van der Waals surface area contributed by atoms with E-state index in [4.69, 9.17) is 5.84 Å². The molecule has 110 valence electrons. The van der Waals surface area contributed by atoms with Gasteiger partial charge >= 0.3 is 6.18 Å². The lowest BCUT2D eigenvalue weighted by Gasteiger charge is -2.17. The molecular formula is C11H19F3N4O. The van der Waals surface area contributed by atoms with Crippen LogP contribution >= 0.6 is 0 Å². The van der Waals surface area contributed by atoms with Crippen molar-refractivity contribution in [1.82, 2.24) is 15.0 Å². The molecule has 0 radical (unpaired) electrons. The van der Waals surface area contributed by atoms with Gasteiger partial charge in [-0.05, 0) is 12.8 Å². The van der Waals surface area contributed by atoms with Gasteiger partial charge in [-0.25, -0.2) is 10.4 Å². The van der Waals surface area contributed by atoms with Crippen LogP contribution in [0.25, 0.3) is 0 Å². The summed E-state index contributed by atoms with van der Waals surface area (Å²) in [6.07, 6.45) is 0.427. The summed E-state index contributed by atoms with van der Waals surface area (Å²) < 4.78 is 42.2. The Morgan fingerprint density at radius 2 is 2.26 bits per heavy atom. The van der Waals surface area contributed by atoms with Gasteiger partial charge in [0.05, 0.1) is 6.04 Å². The van der Waals surface area contributed by atoms with Crippen molar-refractivity contribution in [3.05, 3.63) is 18.2 Å². The van der Waals surface area contributed by atoms with Gasteiger partial charge in [-0.2, -0.15) is 13.2 Å². The molecule has 1 rings (SSSR count). The molecule has 0 aromatic carbocycles. The fraction of sp³-hybridized carbons (Fsp3) is 0.727. The smallest absolute Gasteiger partial charge is 0.372 e. The molecular weight excluding hydrogens is 261 g/mol. The Morgan fingerprint density at radius 1 is 1.53 bits per heavy atom. The second-order valence-electron chi connectivity index (χ2n) is 4.15. The summed E-state index contributed by atoms with van der Waals surface area (Å²) >= 11 is 0. The monoisotopic (exact) mass is 280 g/mol. The maximum atomic E-state index is 11.9. The third-order valence-corrected chi connectivity index (χ3v) is 2.54. The second-order valence-corrected chi connectivity index (χ2v) is 4.15. The van der Waals surface area contributed by atoms with Crippen LogP contribution in [0, 0.1) is 0 Å². The van der Waals surface area contributed by atoms with Gasteiger partial charge in [0.1, 0.15) is 12.4 Å². The van der Waals surface area contributed by atoms with Crippen LogP contribution < -0.4 is 11.3 Å². The first kappa shape index (κ1) is 15.9. The molecule has 8 heteroatoms. The lowest BCUT2D eigenvalue weighted by atomic mass is 10.2. The van der Waals surface area contributed by atoms with E-state index in [9.17, 15) is 13.2 Å². The van der Waals surface area contributed by atoms with E-state index in [0.717, 1.165) is 13.0 Å². The summed E-state index contributed by atoms with van der Waals surface area (Å²) in [5.41, 5.74) is 2.56. The highest BCUT2D eigenvalue weighted by atomic mass is 19.4. The SMILES string of the molecule is CCCn1ccnc1C(CCOCC(F)(F)F)NN. The average Bonchev–Trinajstić information content (AvgIpc) is 2.77. The van der Waals surface area contributed by atoms with Crippen molar-refractivity contribution >= 4 is 0 Å². The summed E-state index contributed by atoms with van der Waals surface area (Å²) in [5, 5.41) is 0. The predicted molar refractivity (Wildman–Crippen MR) is 64.1 cm³/mol. The largest absolute Gasteiger partial charge is 0.411 e. The summed E-state index contributed by atoms with van der Waals surface area (Å²) in [6, 6.07) is -0.324. The first-order valence-corrected chi connectivity index (χ1v) is 6.09. The van der Waals surface area contributed by atoms with Gasteiger partial charge in [0.2, 0.25) is 0 Å². The van der Waals surface area contributed by atoms with E-state index in [2.05, 4.69) is 15.1 Å². The normalized spacial score (nSPS) is 13.7. The molecule has 0 spiro atoms. The van der Waals surface area contributed by atoms with E-state index in [-0.39, 0.29) is 12.6 Å². The molecule has 1 heterocycles. The highest BCUT2D eigenvalue weighted by Gasteiger charge is 2.27. The molecule has 0 fully saturated rings. The van der Waals surface area contributed by atoms with Gasteiger partial charge in [-0.15, -0.1) is 0 Å². The molecule has 1 atom stereocenters. The number of alkyl halides is 3. The first-order valence-electron chi connectivity index (χ1n) is 6.09. The molecule has 0 amide bonds. The predicted octanol–water partition coefficient (Wildman–Crippen LogP) is 1.77. The number of hydrogen-bond donors (Lipinski definition) is 2. The number of aryl methyl sites for hydroxylation is 1. The Morgan fingerprint density at radius 3 is 2.84 bits per heavy atom. The van der Waals surface area contributed by atoms with Gasteiger partial charge in [0.25, 0.3) is 0 Å². The number of hydrogen-bond acceptors (Lipinski definition) is 4. The highest BCUT2D eigenvalue weighted by Crippen LogP contribution is 2.17. The van der Waals surface area contributed by atoms with Gasteiger partial charge in [0, 0.05) is 25.5 Å². The molecule has 3 N–H and O–H groups in total. The number of aromatic nitrogens is 2. The Labute approximate surface area is 109 Å². The van der Waals surface area contributed by atoms with Crippen molar-refractivity contribution in [2.45, 2.75) is 38.5 Å². The summed E-state index contributed by atoms with van der Waals surface area (Å²) in [6.45, 7) is 1.54. The highest BCUT2D eigenvalue weighted by molar-refractivity contribution is 4.99. The third kappa shape index (κ3) is 5.58. The second kappa shape index (κ2) is 7.46. The lowest BCUT2D eigenvalue weighted by molar-refractivity contribution is -0.174. The number of nitrogens with zero attached hydrogens (tertiary/aromatic N) is 2. The van der Waals surface area contributed by atoms with E-state index < -0.39 is 12.8 Å². The number of rotatable bonds is 8. The summed E-state index contributed by atoms with van der Waals surface area (Å²) in [7, 11) is 0. The van der Waals surface area contributed by atoms with Crippen LogP contribution in [0.2, 0.25) is 0 Å². The standard InChI is InChI=1S/C11H19F3N4O/c1-2-5-18-6-4-16-10(18)9(17-15)3-7-19-8-11(12,13)14/h4,6,9,17H,2-3,5,7-8,15H2,1H3. The van der Waals surface area contributed by atoms with E-state index in [1.54, 1.807) is 6.20 Å². The molecule has 19 heavy (non-hydrogen) atoms. The maximum Gasteiger partial charge on any atom is 0.411 e. The molecule has 0 saturated heterocycles. The molecule has 0 aliphatic rings. The zero-order valence-corrected chi connectivity index (χ0v) is 10.8. The fourth-order valence-electron chi connectivity index (χ4n) is 1.74. The van der Waals surface area contributed by atoms with E-state index >= 15 is 0 Å². The van der Waals surface area contributed by atoms with E-state index in [1.807, 2.05) is 17.7 Å². The van der Waals surface area contributed by atoms with Crippen LogP contribution in [-0.2, 0) is 11.3 Å². The maximum absolute atomic E-state index is 11.9. The Kier molecular flexibility index (Phi) is 6.26. The zero-order valence-electron chi connectivity index (χ0n) is 10.8. The van der Waals surface area contributed by atoms with Crippen LogP contribution in [0.3, 0.4) is 0 Å². The molecule has 5 nitrogen and oxygen atoms in total. The number of ether oxygens (including phenoxy) is 1. The minimum absolute atomic E-state index is 0.0344. The molecule has 1 aromatic rings. The van der Waals surface area contributed by atoms with E-state index in [1.165, 1.54) is 0 Å². The Balaban J connectivity index is 2.46. The van der Waals surface area contributed by atoms with Crippen LogP contribution in [0.5, 0.6) is 0 Å². The lowest BCUT2D eigenvalue weighted by Crippen LogP contribution is -2.31. The number of imidazole rings is 1. The van der Waals surface area contributed by atoms with Gasteiger partial charge in [-0.3, -0.25) is 5.84 Å². The Hall–Kier alpha value is -1.12. The third-order valence-electron chi connectivity index (χ3n) is 2.54. The van der Waals surface area contributed by atoms with Gasteiger partial charge < -0.3 is 9.30 Å². The fourth-order valence-corrected chi connectivity index (χ4v) is 1.74. The Bertz CT molecular complexity index is 367. The molecule has 0 aliphatic carbocycles. The minimum Gasteiger partial charge on any atom is -0.372 e. The molecule has 1 aromatic heterocycles. The van der Waals surface area contributed by atoms with Crippen LogP contribution in [0.4, 0.5) is 13.2 Å². The molecule has 1 unspecified atom stereocenters. The van der Waals surface area contributed by atoms with Crippen molar-refractivity contribution in [3.8, 4) is 0 Å². The van der Waals surface area contributed by atoms with E-state index in [0.29, 0.717) is 12.2 Å². The summed E-state index contributed by atoms with van der Waals surface area (Å²) in [4.78, 5) is 4.18. The van der Waals surface area contributed by atoms with Crippen LogP contribution in [0.1, 0.15) is 31.6 Å². The van der Waals surface area contributed by atoms with Crippen molar-refractivity contribution in [1.29, 1.82) is 0 Å². The van der Waals surface area contributed by atoms with Gasteiger partial charge in [-0.1, -0.05) is 6.92 Å². The zero-order chi connectivity index (χ0) is 14.3. The van der Waals surface area contributed by atoms with Crippen molar-refractivity contribution in [2.75, 3.05) is 13.2 Å². The number of hydrazine groups is 1. The van der Waals surface area contributed by atoms with Gasteiger partial charge in [0.15, 0.2) is 0 Å². The van der Waals surface area contributed by atoms with Crippen LogP contribution in [0.15, 0.2) is 12.4 Å². The number of nitrogens with one attached hydrogen (secondary N) is 1. The minimum atomic E-state index is -4.30. The van der Waals surface area contributed by atoms with Crippen molar-refractivity contribution in [3.63, 3.8) is 0 Å². The number of halogens is 3. The topological polar surface area (TPSA) is 65.1 Å². The number of nitrogens with two attached hydrogens (primary N) is 1. The molecule has 0 bridgehead atoms. The van der Waals surface area contributed by atoms with Crippen LogP contribution in [-0.4, -0.2) is 28.9 Å².